The van der Waals surface area contributed by atoms with Gasteiger partial charge in [0.1, 0.15) is 11.6 Å². The molecule has 0 radical (unpaired) electrons. The number of nitrogens with zero attached hydrogens (tertiary/aromatic N) is 4. The lowest BCUT2D eigenvalue weighted by atomic mass is 10.4. The second-order valence-corrected chi connectivity index (χ2v) is 2.56. The van der Waals surface area contributed by atoms with Crippen LogP contribution in [0.3, 0.4) is 0 Å². The summed E-state index contributed by atoms with van der Waals surface area (Å²) in [5.74, 6) is 0.125. The average Bonchev–Trinajstić information content (AvgIpc) is 2.61. The van der Waals surface area contributed by atoms with Crippen molar-refractivity contribution in [2.45, 2.75) is 0 Å². The molecule has 2 rings (SSSR count). The van der Waals surface area contributed by atoms with Gasteiger partial charge in [0, 0.05) is 0 Å². The molecule has 6 nitrogen and oxygen atoms in total. The van der Waals surface area contributed by atoms with Crippen molar-refractivity contribution in [3.05, 3.63) is 17.8 Å². The lowest BCUT2D eigenvalue weighted by molar-refractivity contribution is 0.383. The van der Waals surface area contributed by atoms with E-state index in [1.165, 1.54) is 23.9 Å². The van der Waals surface area contributed by atoms with Crippen LogP contribution in [0.15, 0.2) is 12.3 Å². The molecule has 0 aliphatic rings. The second-order valence-electron chi connectivity index (χ2n) is 2.56. The summed E-state index contributed by atoms with van der Waals surface area (Å²) in [6.45, 7) is 0. The van der Waals surface area contributed by atoms with Crippen LogP contribution < -0.4 is 4.74 Å². The van der Waals surface area contributed by atoms with E-state index >= 15 is 0 Å². The topological polar surface area (TPSA) is 83.4 Å². The number of rotatable bonds is 1. The fourth-order valence-corrected chi connectivity index (χ4v) is 1.11. The van der Waals surface area contributed by atoms with E-state index in [-0.39, 0.29) is 17.4 Å². The number of hydrogen-bond acceptors (Lipinski definition) is 5. The summed E-state index contributed by atoms with van der Waals surface area (Å²) in [5.41, 5.74) is 0.573. The third-order valence-electron chi connectivity index (χ3n) is 1.76. The van der Waals surface area contributed by atoms with Gasteiger partial charge in [-0.15, -0.1) is 0 Å². The van der Waals surface area contributed by atoms with Gasteiger partial charge in [0.2, 0.25) is 11.8 Å². The lowest BCUT2D eigenvalue weighted by Crippen LogP contribution is -1.95. The van der Waals surface area contributed by atoms with Crippen molar-refractivity contribution in [3.63, 3.8) is 0 Å². The van der Waals surface area contributed by atoms with Crippen LogP contribution in [0.1, 0.15) is 5.56 Å². The van der Waals surface area contributed by atoms with E-state index in [1.807, 2.05) is 6.07 Å². The van der Waals surface area contributed by atoms with E-state index in [0.29, 0.717) is 5.56 Å². The van der Waals surface area contributed by atoms with Crippen molar-refractivity contribution < 1.29 is 9.84 Å². The van der Waals surface area contributed by atoms with Crippen molar-refractivity contribution in [1.29, 1.82) is 5.26 Å². The second kappa shape index (κ2) is 2.88. The highest BCUT2D eigenvalue weighted by atomic mass is 16.5. The molecule has 0 aliphatic heterocycles. The SMILES string of the molecule is COc1cc(O)n2ncc(C#N)c2n1. The molecule has 0 aromatic carbocycles. The van der Waals surface area contributed by atoms with Crippen LogP contribution in [0.25, 0.3) is 5.65 Å². The molecule has 0 unspecified atom stereocenters. The van der Waals surface area contributed by atoms with Gasteiger partial charge in [-0.2, -0.15) is 19.9 Å². The van der Waals surface area contributed by atoms with E-state index in [1.54, 1.807) is 0 Å². The minimum Gasteiger partial charge on any atom is -0.493 e. The standard InChI is InChI=1S/C8H6N4O2/c1-14-6-2-7(13)12-8(11-6)5(3-9)4-10-12/h2,4,13H,1H3. The molecule has 1 N–H and O–H groups in total. The molecule has 0 spiro atoms. The van der Waals surface area contributed by atoms with Gasteiger partial charge in [0.25, 0.3) is 0 Å². The van der Waals surface area contributed by atoms with Gasteiger partial charge in [-0.1, -0.05) is 0 Å². The van der Waals surface area contributed by atoms with Crippen molar-refractivity contribution in [3.8, 4) is 17.8 Å². The molecular formula is C8H6N4O2. The van der Waals surface area contributed by atoms with Crippen LogP contribution in [0.4, 0.5) is 0 Å². The molecule has 0 fully saturated rings. The van der Waals surface area contributed by atoms with Gasteiger partial charge >= 0.3 is 0 Å². The van der Waals surface area contributed by atoms with Crippen LogP contribution in [-0.2, 0) is 0 Å². The van der Waals surface area contributed by atoms with Gasteiger partial charge in [-0.3, -0.25) is 0 Å². The number of aromatic hydroxyl groups is 1. The van der Waals surface area contributed by atoms with E-state index in [2.05, 4.69) is 10.1 Å². The summed E-state index contributed by atoms with van der Waals surface area (Å²) in [4.78, 5) is 3.98. The highest BCUT2D eigenvalue weighted by Crippen LogP contribution is 2.19. The Morgan fingerprint density at radius 2 is 2.43 bits per heavy atom. The first kappa shape index (κ1) is 8.31. The van der Waals surface area contributed by atoms with Crippen LogP contribution in [0, 0.1) is 11.3 Å². The van der Waals surface area contributed by atoms with Gasteiger partial charge in [-0.25, -0.2) is 0 Å². The summed E-state index contributed by atoms with van der Waals surface area (Å²) < 4.78 is 6.02. The Hall–Kier alpha value is -2.29. The maximum atomic E-state index is 9.46. The van der Waals surface area contributed by atoms with Gasteiger partial charge in [-0.05, 0) is 0 Å². The summed E-state index contributed by atoms with van der Waals surface area (Å²) in [6, 6.07) is 3.24. The van der Waals surface area contributed by atoms with Crippen molar-refractivity contribution in [2.24, 2.45) is 0 Å². The molecule has 2 heterocycles. The highest BCUT2D eigenvalue weighted by molar-refractivity contribution is 5.56. The summed E-state index contributed by atoms with van der Waals surface area (Å²) in [5, 5.41) is 22.0. The van der Waals surface area contributed by atoms with E-state index < -0.39 is 0 Å². The number of methoxy groups -OCH3 is 1. The number of fused-ring (bicyclic) bond motifs is 1. The molecule has 0 saturated heterocycles. The number of aromatic nitrogens is 3. The first-order chi connectivity index (χ1) is 6.76. The first-order valence-electron chi connectivity index (χ1n) is 3.78. The van der Waals surface area contributed by atoms with Gasteiger partial charge < -0.3 is 9.84 Å². The molecule has 14 heavy (non-hydrogen) atoms. The maximum Gasteiger partial charge on any atom is 0.220 e. The first-order valence-corrected chi connectivity index (χ1v) is 3.78. The van der Waals surface area contributed by atoms with Crippen LogP contribution in [0.5, 0.6) is 11.8 Å². The molecule has 2 aromatic heterocycles. The third kappa shape index (κ3) is 1.03. The van der Waals surface area contributed by atoms with Gasteiger partial charge in [0.15, 0.2) is 5.65 Å². The Bertz CT molecular complexity index is 526. The van der Waals surface area contributed by atoms with E-state index in [9.17, 15) is 5.11 Å². The highest BCUT2D eigenvalue weighted by Gasteiger charge is 2.10. The van der Waals surface area contributed by atoms with Crippen LogP contribution >= 0.6 is 0 Å². The molecule has 0 atom stereocenters. The maximum absolute atomic E-state index is 9.46. The zero-order valence-corrected chi connectivity index (χ0v) is 7.30. The Morgan fingerprint density at radius 1 is 1.64 bits per heavy atom. The minimum atomic E-state index is -0.117. The number of nitriles is 1. The Labute approximate surface area is 79.0 Å². The lowest BCUT2D eigenvalue weighted by Gasteiger charge is -2.01. The molecular weight excluding hydrogens is 184 g/mol. The number of hydrogen-bond donors (Lipinski definition) is 1. The normalized spacial score (nSPS) is 10.0. The molecule has 0 aliphatic carbocycles. The van der Waals surface area contributed by atoms with Crippen molar-refractivity contribution >= 4 is 5.65 Å². The quantitative estimate of drug-likeness (QED) is 0.699. The molecule has 0 bridgehead atoms. The fourth-order valence-electron chi connectivity index (χ4n) is 1.11. The molecule has 6 heteroatoms. The Morgan fingerprint density at radius 3 is 3.07 bits per heavy atom. The molecule has 0 saturated carbocycles. The zero-order chi connectivity index (χ0) is 10.1. The summed E-state index contributed by atoms with van der Waals surface area (Å²) >= 11 is 0. The fraction of sp³-hybridized carbons (Fsp3) is 0.125. The predicted molar refractivity (Wildman–Crippen MR) is 45.9 cm³/mol. The predicted octanol–water partition coefficient (Wildman–Crippen LogP) is 0.315. The van der Waals surface area contributed by atoms with Crippen LogP contribution in [0.2, 0.25) is 0 Å². The summed E-state index contributed by atoms with van der Waals surface area (Å²) in [6.07, 6.45) is 1.33. The molecule has 0 amide bonds. The van der Waals surface area contributed by atoms with Crippen molar-refractivity contribution in [2.75, 3.05) is 7.11 Å². The summed E-state index contributed by atoms with van der Waals surface area (Å²) in [7, 11) is 1.43. The Balaban J connectivity index is 2.82. The van der Waals surface area contributed by atoms with E-state index in [0.717, 1.165) is 0 Å². The largest absolute Gasteiger partial charge is 0.493 e. The molecule has 70 valence electrons. The van der Waals surface area contributed by atoms with Crippen LogP contribution in [-0.4, -0.2) is 26.8 Å². The average molecular weight is 190 g/mol. The Kier molecular flexibility index (Phi) is 1.71. The minimum absolute atomic E-state index is 0.117. The molecule has 2 aromatic rings. The monoisotopic (exact) mass is 190 g/mol. The third-order valence-corrected chi connectivity index (χ3v) is 1.76. The zero-order valence-electron chi connectivity index (χ0n) is 7.30. The smallest absolute Gasteiger partial charge is 0.220 e. The van der Waals surface area contributed by atoms with Gasteiger partial charge in [0.05, 0.1) is 19.4 Å². The van der Waals surface area contributed by atoms with E-state index in [4.69, 9.17) is 10.00 Å². The van der Waals surface area contributed by atoms with Crippen molar-refractivity contribution in [1.82, 2.24) is 14.6 Å². The number of ether oxygens (including phenoxy) is 1.